The van der Waals surface area contributed by atoms with Crippen molar-refractivity contribution in [3.63, 3.8) is 0 Å². The molecule has 0 radical (unpaired) electrons. The summed E-state index contributed by atoms with van der Waals surface area (Å²) in [5, 5.41) is 1.06. The number of rotatable bonds is 4. The zero-order chi connectivity index (χ0) is 25.3. The van der Waals surface area contributed by atoms with Crippen molar-refractivity contribution >= 4 is 17.7 Å². The van der Waals surface area contributed by atoms with E-state index in [2.05, 4.69) is 4.74 Å². The fourth-order valence-corrected chi connectivity index (χ4v) is 3.54. The zero-order valence-corrected chi connectivity index (χ0v) is 19.1. The normalized spacial score (nSPS) is 16.3. The van der Waals surface area contributed by atoms with E-state index in [9.17, 15) is 22.8 Å². The standard InChI is InChI=1S/C23H27F3N4O4/c1-22(2,3)34-21(32)29-11-10-16(13-29)30(28)20(31)18-12-15(6-9-19(18)27)14-4-7-17(8-5-14)33-23(24,25)26/h4-9,12,16H,10-11,13,27-28H2,1-3H3. The molecule has 0 aromatic heterocycles. The summed E-state index contributed by atoms with van der Waals surface area (Å²) >= 11 is 0. The molecule has 2 aromatic carbocycles. The van der Waals surface area contributed by atoms with Gasteiger partial charge in [0.05, 0.1) is 11.6 Å². The minimum atomic E-state index is -4.79. The van der Waals surface area contributed by atoms with Gasteiger partial charge >= 0.3 is 12.5 Å². The molecule has 2 amide bonds. The maximum absolute atomic E-state index is 13.1. The first kappa shape index (κ1) is 25.2. The quantitative estimate of drug-likeness (QED) is 0.294. The Labute approximate surface area is 195 Å². The predicted molar refractivity (Wildman–Crippen MR) is 120 cm³/mol. The lowest BCUT2D eigenvalue weighted by Gasteiger charge is -2.26. The molecule has 0 bridgehead atoms. The third-order valence-electron chi connectivity index (χ3n) is 5.15. The Kier molecular flexibility index (Phi) is 6.97. The van der Waals surface area contributed by atoms with Crippen LogP contribution < -0.4 is 16.3 Å². The predicted octanol–water partition coefficient (Wildman–Crippen LogP) is 4.16. The first-order valence-corrected chi connectivity index (χ1v) is 10.6. The lowest BCUT2D eigenvalue weighted by molar-refractivity contribution is -0.274. The van der Waals surface area contributed by atoms with Crippen LogP contribution in [0.3, 0.4) is 0 Å². The zero-order valence-electron chi connectivity index (χ0n) is 19.1. The Hall–Kier alpha value is -3.47. The molecule has 11 heteroatoms. The van der Waals surface area contributed by atoms with Gasteiger partial charge in [-0.2, -0.15) is 0 Å². The van der Waals surface area contributed by atoms with E-state index in [0.29, 0.717) is 24.1 Å². The van der Waals surface area contributed by atoms with Crippen molar-refractivity contribution in [1.82, 2.24) is 9.91 Å². The number of carbonyl (C=O) groups excluding carboxylic acids is 2. The number of likely N-dealkylation sites (tertiary alicyclic amines) is 1. The molecule has 1 aliphatic heterocycles. The van der Waals surface area contributed by atoms with Crippen molar-refractivity contribution in [3.8, 4) is 16.9 Å². The highest BCUT2D eigenvalue weighted by atomic mass is 19.4. The van der Waals surface area contributed by atoms with Gasteiger partial charge in [-0.1, -0.05) is 18.2 Å². The highest BCUT2D eigenvalue weighted by molar-refractivity contribution is 6.00. The van der Waals surface area contributed by atoms with E-state index < -0.39 is 30.0 Å². The summed E-state index contributed by atoms with van der Waals surface area (Å²) < 4.78 is 46.4. The molecule has 4 N–H and O–H groups in total. The van der Waals surface area contributed by atoms with Gasteiger partial charge in [0, 0.05) is 18.8 Å². The molecule has 0 spiro atoms. The number of ether oxygens (including phenoxy) is 2. The van der Waals surface area contributed by atoms with E-state index in [1.165, 1.54) is 41.3 Å². The number of hydrogen-bond acceptors (Lipinski definition) is 6. The van der Waals surface area contributed by atoms with Crippen LogP contribution in [0.25, 0.3) is 11.1 Å². The Bertz CT molecular complexity index is 1050. The van der Waals surface area contributed by atoms with Gasteiger partial charge in [-0.05, 0) is 62.6 Å². The van der Waals surface area contributed by atoms with Crippen molar-refractivity contribution in [1.29, 1.82) is 0 Å². The molecule has 1 atom stereocenters. The van der Waals surface area contributed by atoms with E-state index >= 15 is 0 Å². The largest absolute Gasteiger partial charge is 0.573 e. The number of nitrogen functional groups attached to an aromatic ring is 1. The van der Waals surface area contributed by atoms with Crippen LogP contribution in [-0.2, 0) is 4.74 Å². The van der Waals surface area contributed by atoms with Gasteiger partial charge in [0.1, 0.15) is 11.4 Å². The molecular formula is C23H27F3N4O4. The molecule has 34 heavy (non-hydrogen) atoms. The van der Waals surface area contributed by atoms with Crippen molar-refractivity contribution in [3.05, 3.63) is 48.0 Å². The van der Waals surface area contributed by atoms with Crippen molar-refractivity contribution < 1.29 is 32.2 Å². The molecule has 1 heterocycles. The second kappa shape index (κ2) is 9.41. The second-order valence-electron chi connectivity index (χ2n) is 8.96. The molecule has 0 aliphatic carbocycles. The van der Waals surface area contributed by atoms with Crippen LogP contribution in [-0.4, -0.2) is 53.0 Å². The lowest BCUT2D eigenvalue weighted by atomic mass is 10.0. The molecular weight excluding hydrogens is 453 g/mol. The molecule has 8 nitrogen and oxygen atoms in total. The highest BCUT2D eigenvalue weighted by Gasteiger charge is 2.35. The number of nitrogens with two attached hydrogens (primary N) is 2. The maximum Gasteiger partial charge on any atom is 0.573 e. The van der Waals surface area contributed by atoms with E-state index in [4.69, 9.17) is 16.3 Å². The average molecular weight is 480 g/mol. The third-order valence-corrected chi connectivity index (χ3v) is 5.15. The van der Waals surface area contributed by atoms with Crippen LogP contribution in [0, 0.1) is 0 Å². The van der Waals surface area contributed by atoms with E-state index in [-0.39, 0.29) is 23.5 Å². The minimum Gasteiger partial charge on any atom is -0.444 e. The van der Waals surface area contributed by atoms with Gasteiger partial charge in [0.25, 0.3) is 5.91 Å². The van der Waals surface area contributed by atoms with Crippen LogP contribution in [0.2, 0.25) is 0 Å². The number of nitrogens with zero attached hydrogens (tertiary/aromatic N) is 2. The SMILES string of the molecule is CC(C)(C)OC(=O)N1CCC(N(N)C(=O)c2cc(-c3ccc(OC(F)(F)F)cc3)ccc2N)C1. The Balaban J connectivity index is 1.73. The second-order valence-corrected chi connectivity index (χ2v) is 8.96. The monoisotopic (exact) mass is 480 g/mol. The van der Waals surface area contributed by atoms with E-state index in [1.807, 2.05) is 0 Å². The van der Waals surface area contributed by atoms with E-state index in [0.717, 1.165) is 5.01 Å². The van der Waals surface area contributed by atoms with Crippen LogP contribution >= 0.6 is 0 Å². The Morgan fingerprint density at radius 3 is 2.26 bits per heavy atom. The fourth-order valence-electron chi connectivity index (χ4n) is 3.54. The summed E-state index contributed by atoms with van der Waals surface area (Å²) in [5.41, 5.74) is 6.83. The van der Waals surface area contributed by atoms with Gasteiger partial charge < -0.3 is 20.1 Å². The Morgan fingerprint density at radius 1 is 1.06 bits per heavy atom. The van der Waals surface area contributed by atoms with Crippen molar-refractivity contribution in [2.75, 3.05) is 18.8 Å². The number of hydrazine groups is 1. The van der Waals surface area contributed by atoms with E-state index in [1.54, 1.807) is 26.8 Å². The molecule has 1 unspecified atom stereocenters. The number of anilines is 1. The molecule has 184 valence electrons. The van der Waals surface area contributed by atoms with Gasteiger partial charge in [-0.15, -0.1) is 13.2 Å². The van der Waals surface area contributed by atoms with Crippen LogP contribution in [0.4, 0.5) is 23.7 Å². The van der Waals surface area contributed by atoms with Crippen LogP contribution in [0.15, 0.2) is 42.5 Å². The van der Waals surface area contributed by atoms with Gasteiger partial charge in [-0.25, -0.2) is 10.6 Å². The number of alkyl halides is 3. The number of halogens is 3. The molecule has 2 aromatic rings. The van der Waals surface area contributed by atoms with Gasteiger partial charge in [0.2, 0.25) is 0 Å². The smallest absolute Gasteiger partial charge is 0.444 e. The molecule has 1 aliphatic rings. The van der Waals surface area contributed by atoms with Crippen molar-refractivity contribution in [2.45, 2.75) is 45.2 Å². The minimum absolute atomic E-state index is 0.145. The number of benzene rings is 2. The van der Waals surface area contributed by atoms with Crippen molar-refractivity contribution in [2.24, 2.45) is 5.84 Å². The summed E-state index contributed by atoms with van der Waals surface area (Å²) in [5.74, 6) is 5.22. The highest BCUT2D eigenvalue weighted by Crippen LogP contribution is 2.29. The number of hydrogen-bond donors (Lipinski definition) is 2. The first-order chi connectivity index (χ1) is 15.7. The summed E-state index contributed by atoms with van der Waals surface area (Å²) in [7, 11) is 0. The molecule has 3 rings (SSSR count). The first-order valence-electron chi connectivity index (χ1n) is 10.6. The summed E-state index contributed by atoms with van der Waals surface area (Å²) in [6.45, 7) is 5.91. The summed E-state index contributed by atoms with van der Waals surface area (Å²) in [6.07, 6.45) is -4.79. The van der Waals surface area contributed by atoms with Gasteiger partial charge in [-0.3, -0.25) is 9.80 Å². The lowest BCUT2D eigenvalue weighted by Crippen LogP contribution is -2.47. The van der Waals surface area contributed by atoms with Crippen LogP contribution in [0.1, 0.15) is 37.6 Å². The number of amides is 2. The molecule has 1 fully saturated rings. The topological polar surface area (TPSA) is 111 Å². The maximum atomic E-state index is 13.1. The third kappa shape index (κ3) is 6.31. The average Bonchev–Trinajstić information content (AvgIpc) is 3.22. The van der Waals surface area contributed by atoms with Gasteiger partial charge in [0.15, 0.2) is 0 Å². The molecule has 1 saturated heterocycles. The fraction of sp³-hybridized carbons (Fsp3) is 0.391. The number of carbonyl (C=O) groups is 2. The Morgan fingerprint density at radius 2 is 1.68 bits per heavy atom. The van der Waals surface area contributed by atoms with Crippen LogP contribution in [0.5, 0.6) is 5.75 Å². The summed E-state index contributed by atoms with van der Waals surface area (Å²) in [6, 6.07) is 9.51. The summed E-state index contributed by atoms with van der Waals surface area (Å²) in [4.78, 5) is 26.9. The molecule has 0 saturated carbocycles.